The predicted octanol–water partition coefficient (Wildman–Crippen LogP) is 2.71. The molecule has 0 saturated heterocycles. The van der Waals surface area contributed by atoms with Crippen molar-refractivity contribution in [3.8, 4) is 6.07 Å². The zero-order valence-electron chi connectivity index (χ0n) is 12.4. The largest absolute Gasteiger partial charge is 0.448 e. The Balaban J connectivity index is 2.00. The summed E-state index contributed by atoms with van der Waals surface area (Å²) in [7, 11) is 0. The SMILES string of the molecule is N#Cc1ccc(NC(=O)COC(=O)c2[nH+]c(Cl)c(Cl)c(N)c2Cl)cc1. The number of nitrogens with one attached hydrogen (secondary N) is 2. The maximum Gasteiger partial charge on any atom is 0.405 e. The molecule has 10 heteroatoms. The monoisotopic (exact) mass is 399 g/mol. The Bertz CT molecular complexity index is 879. The summed E-state index contributed by atoms with van der Waals surface area (Å²) in [6, 6.07) is 8.12. The van der Waals surface area contributed by atoms with Crippen molar-refractivity contribution in [3.05, 3.63) is 50.7 Å². The number of hydrogen-bond acceptors (Lipinski definition) is 5. The fourth-order valence-electron chi connectivity index (χ4n) is 1.74. The Kier molecular flexibility index (Phi) is 6.04. The van der Waals surface area contributed by atoms with Crippen molar-refractivity contribution in [2.45, 2.75) is 0 Å². The fraction of sp³-hybridized carbons (Fsp3) is 0.0667. The van der Waals surface area contributed by atoms with E-state index in [2.05, 4.69) is 10.3 Å². The summed E-state index contributed by atoms with van der Waals surface area (Å²) >= 11 is 17.5. The number of hydrogen-bond donors (Lipinski definition) is 2. The van der Waals surface area contributed by atoms with Gasteiger partial charge in [0, 0.05) is 5.69 Å². The van der Waals surface area contributed by atoms with E-state index in [1.165, 1.54) is 12.1 Å². The molecule has 0 radical (unpaired) electrons. The number of carbonyl (C=O) groups is 2. The Labute approximate surface area is 157 Å². The van der Waals surface area contributed by atoms with Crippen LogP contribution >= 0.6 is 34.8 Å². The number of aromatic nitrogens is 1. The van der Waals surface area contributed by atoms with Crippen LogP contribution < -0.4 is 16.0 Å². The Morgan fingerprint density at radius 2 is 1.84 bits per heavy atom. The van der Waals surface area contributed by atoms with Crippen LogP contribution in [0.1, 0.15) is 16.1 Å². The smallest absolute Gasteiger partial charge is 0.405 e. The number of rotatable bonds is 4. The molecule has 128 valence electrons. The van der Waals surface area contributed by atoms with Gasteiger partial charge in [-0.3, -0.25) is 4.79 Å². The van der Waals surface area contributed by atoms with Gasteiger partial charge in [0.1, 0.15) is 10.0 Å². The molecule has 0 unspecified atom stereocenters. The lowest BCUT2D eigenvalue weighted by molar-refractivity contribution is -0.380. The minimum atomic E-state index is -0.926. The molecular formula is C15H10Cl3N4O3+. The number of pyridine rings is 1. The molecule has 1 aromatic carbocycles. The van der Waals surface area contributed by atoms with E-state index in [4.69, 9.17) is 50.5 Å². The van der Waals surface area contributed by atoms with Gasteiger partial charge in [-0.1, -0.05) is 23.2 Å². The molecule has 0 atom stereocenters. The van der Waals surface area contributed by atoms with Crippen LogP contribution in [0.25, 0.3) is 0 Å². The average Bonchev–Trinajstić information content (AvgIpc) is 2.61. The summed E-state index contributed by atoms with van der Waals surface area (Å²) in [6.45, 7) is -0.566. The summed E-state index contributed by atoms with van der Waals surface area (Å²) in [5.41, 5.74) is 6.22. The van der Waals surface area contributed by atoms with Crippen LogP contribution in [0.4, 0.5) is 11.4 Å². The highest BCUT2D eigenvalue weighted by atomic mass is 35.5. The second-order valence-electron chi connectivity index (χ2n) is 4.67. The molecular weight excluding hydrogens is 391 g/mol. The standard InChI is InChI=1S/C15H9Cl3N4O3/c16-10-12(20)11(17)14(18)22-13(10)15(24)25-6-9(23)21-8-3-1-7(5-19)2-4-8/h1-4H,6H2,(H2,20,22)(H,21,23)/p+1. The van der Waals surface area contributed by atoms with Crippen LogP contribution in [0.5, 0.6) is 0 Å². The number of anilines is 2. The van der Waals surface area contributed by atoms with Gasteiger partial charge in [-0.25, -0.2) is 4.79 Å². The van der Waals surface area contributed by atoms with Crippen molar-refractivity contribution in [1.29, 1.82) is 5.26 Å². The minimum absolute atomic E-state index is 0.0261. The van der Waals surface area contributed by atoms with Crippen LogP contribution in [0.2, 0.25) is 15.2 Å². The predicted molar refractivity (Wildman–Crippen MR) is 92.5 cm³/mol. The van der Waals surface area contributed by atoms with E-state index in [0.29, 0.717) is 11.3 Å². The molecule has 1 aromatic heterocycles. The van der Waals surface area contributed by atoms with E-state index in [1.807, 2.05) is 6.07 Å². The third-order valence-electron chi connectivity index (χ3n) is 2.96. The van der Waals surface area contributed by atoms with Gasteiger partial charge in [-0.2, -0.15) is 10.2 Å². The molecule has 4 N–H and O–H groups in total. The van der Waals surface area contributed by atoms with Gasteiger partial charge in [0.15, 0.2) is 6.61 Å². The van der Waals surface area contributed by atoms with Crippen LogP contribution in [0, 0.1) is 11.3 Å². The van der Waals surface area contributed by atoms with Gasteiger partial charge in [-0.05, 0) is 35.9 Å². The van der Waals surface area contributed by atoms with E-state index in [9.17, 15) is 9.59 Å². The number of aromatic amines is 1. The number of nitrogens with two attached hydrogens (primary N) is 1. The van der Waals surface area contributed by atoms with E-state index < -0.39 is 18.5 Å². The van der Waals surface area contributed by atoms with E-state index in [-0.39, 0.29) is 26.6 Å². The minimum Gasteiger partial charge on any atom is -0.448 e. The van der Waals surface area contributed by atoms with Crippen LogP contribution in [0.15, 0.2) is 24.3 Å². The number of esters is 1. The summed E-state index contributed by atoms with van der Waals surface area (Å²) < 4.78 is 4.86. The lowest BCUT2D eigenvalue weighted by Crippen LogP contribution is -2.26. The number of nitrogen functional groups attached to an aromatic ring is 1. The fourth-order valence-corrected chi connectivity index (χ4v) is 2.34. The summed E-state index contributed by atoms with van der Waals surface area (Å²) in [4.78, 5) is 26.3. The summed E-state index contributed by atoms with van der Waals surface area (Å²) in [5.74, 6) is -1.51. The first-order valence-corrected chi connectivity index (χ1v) is 7.79. The molecule has 2 rings (SSSR count). The summed E-state index contributed by atoms with van der Waals surface area (Å²) in [6.07, 6.45) is 0. The highest BCUT2D eigenvalue weighted by Gasteiger charge is 2.27. The highest BCUT2D eigenvalue weighted by molar-refractivity contribution is 6.45. The number of benzene rings is 1. The van der Waals surface area contributed by atoms with Crippen molar-refractivity contribution in [1.82, 2.24) is 0 Å². The average molecular weight is 401 g/mol. The van der Waals surface area contributed by atoms with Gasteiger partial charge in [0.05, 0.1) is 17.3 Å². The Morgan fingerprint density at radius 1 is 1.20 bits per heavy atom. The first-order chi connectivity index (χ1) is 11.8. The maximum absolute atomic E-state index is 12.0. The molecule has 1 amide bonds. The zero-order valence-corrected chi connectivity index (χ0v) is 14.7. The third-order valence-corrected chi connectivity index (χ3v) is 4.12. The second-order valence-corrected chi connectivity index (χ2v) is 5.80. The summed E-state index contributed by atoms with van der Waals surface area (Å²) in [5, 5.41) is 10.9. The van der Waals surface area contributed by atoms with E-state index in [0.717, 1.165) is 0 Å². The van der Waals surface area contributed by atoms with Gasteiger partial charge in [0.2, 0.25) is 0 Å². The lowest BCUT2D eigenvalue weighted by atomic mass is 10.2. The Morgan fingerprint density at radius 3 is 2.44 bits per heavy atom. The first kappa shape index (κ1) is 18.8. The first-order valence-electron chi connectivity index (χ1n) is 6.66. The number of H-pyrrole nitrogens is 1. The molecule has 7 nitrogen and oxygen atoms in total. The van der Waals surface area contributed by atoms with Crippen LogP contribution in [0.3, 0.4) is 0 Å². The molecule has 0 aliphatic rings. The zero-order chi connectivity index (χ0) is 18.6. The molecule has 2 aromatic rings. The number of nitrogens with zero attached hydrogens (tertiary/aromatic N) is 1. The molecule has 0 spiro atoms. The number of halogens is 3. The van der Waals surface area contributed by atoms with Gasteiger partial charge in [0.25, 0.3) is 11.1 Å². The van der Waals surface area contributed by atoms with Gasteiger partial charge in [-0.15, -0.1) is 0 Å². The van der Waals surface area contributed by atoms with Crippen LogP contribution in [-0.2, 0) is 9.53 Å². The number of amides is 1. The topological polar surface area (TPSA) is 119 Å². The molecule has 0 fully saturated rings. The quantitative estimate of drug-likeness (QED) is 0.604. The molecule has 1 heterocycles. The van der Waals surface area contributed by atoms with E-state index in [1.54, 1.807) is 12.1 Å². The Hall–Kier alpha value is -2.53. The van der Waals surface area contributed by atoms with Crippen molar-refractivity contribution in [3.63, 3.8) is 0 Å². The third kappa shape index (κ3) is 4.51. The molecule has 0 saturated carbocycles. The number of ether oxygens (including phenoxy) is 1. The van der Waals surface area contributed by atoms with Gasteiger partial charge < -0.3 is 15.8 Å². The highest BCUT2D eigenvalue weighted by Crippen LogP contribution is 2.32. The molecule has 0 aliphatic heterocycles. The van der Waals surface area contributed by atoms with Crippen molar-refractivity contribution >= 4 is 58.1 Å². The molecule has 0 bridgehead atoms. The normalized spacial score (nSPS) is 10.0. The maximum atomic E-state index is 12.0. The lowest BCUT2D eigenvalue weighted by Gasteiger charge is -2.06. The number of carbonyl (C=O) groups excluding carboxylic acids is 2. The van der Waals surface area contributed by atoms with E-state index >= 15 is 0 Å². The number of nitriles is 1. The van der Waals surface area contributed by atoms with Gasteiger partial charge >= 0.3 is 11.7 Å². The van der Waals surface area contributed by atoms with Crippen molar-refractivity contribution in [2.75, 3.05) is 17.7 Å². The molecule has 25 heavy (non-hydrogen) atoms. The molecule has 0 aliphatic carbocycles. The van der Waals surface area contributed by atoms with Crippen molar-refractivity contribution < 1.29 is 19.3 Å². The van der Waals surface area contributed by atoms with Crippen molar-refractivity contribution in [2.24, 2.45) is 0 Å². The van der Waals surface area contributed by atoms with Crippen LogP contribution in [-0.4, -0.2) is 18.5 Å². The second kappa shape index (κ2) is 8.03.